The van der Waals surface area contributed by atoms with Crippen molar-refractivity contribution in [2.45, 2.75) is 25.6 Å². The Morgan fingerprint density at radius 3 is 2.57 bits per heavy atom. The van der Waals surface area contributed by atoms with Crippen LogP contribution in [0.3, 0.4) is 0 Å². The third-order valence-electron chi connectivity index (χ3n) is 2.14. The summed E-state index contributed by atoms with van der Waals surface area (Å²) in [5, 5.41) is 3.40. The maximum Gasteiger partial charge on any atom is 0.134 e. The zero-order valence-corrected chi connectivity index (χ0v) is 9.17. The van der Waals surface area contributed by atoms with E-state index in [-0.39, 0.29) is 24.2 Å². The normalized spacial score (nSPS) is 24.3. The molecule has 3 nitrogen and oxygen atoms in total. The van der Waals surface area contributed by atoms with Crippen LogP contribution in [0.4, 0.5) is 0 Å². The van der Waals surface area contributed by atoms with Crippen molar-refractivity contribution in [3.05, 3.63) is 30.1 Å². The standard InChI is InChI=1S/C10H14N2O.ClH/c1-10(2)7-13-9(12-10)8-3-5-11-6-4-8;/h3-6,9,12H,7H2,1-2H3;1H. The van der Waals surface area contributed by atoms with E-state index in [4.69, 9.17) is 4.74 Å². The van der Waals surface area contributed by atoms with Crippen LogP contribution in [-0.4, -0.2) is 17.1 Å². The van der Waals surface area contributed by atoms with Gasteiger partial charge in [-0.15, -0.1) is 12.4 Å². The van der Waals surface area contributed by atoms with Crippen LogP contribution < -0.4 is 5.32 Å². The van der Waals surface area contributed by atoms with Gasteiger partial charge in [0, 0.05) is 17.9 Å². The first-order valence-electron chi connectivity index (χ1n) is 4.47. The number of pyridine rings is 1. The van der Waals surface area contributed by atoms with Crippen molar-refractivity contribution in [1.29, 1.82) is 0 Å². The van der Waals surface area contributed by atoms with Crippen LogP contribution in [0.15, 0.2) is 24.5 Å². The van der Waals surface area contributed by atoms with E-state index in [1.807, 2.05) is 12.1 Å². The molecule has 0 aliphatic carbocycles. The summed E-state index contributed by atoms with van der Waals surface area (Å²) in [5.41, 5.74) is 1.22. The molecule has 0 saturated carbocycles. The second kappa shape index (κ2) is 4.26. The Labute approximate surface area is 90.3 Å². The number of rotatable bonds is 1. The summed E-state index contributed by atoms with van der Waals surface area (Å²) in [6.45, 7) is 5.02. The maximum atomic E-state index is 5.62. The van der Waals surface area contributed by atoms with Gasteiger partial charge in [-0.05, 0) is 31.5 Å². The molecule has 0 aromatic carbocycles. The lowest BCUT2D eigenvalue weighted by Gasteiger charge is -2.16. The van der Waals surface area contributed by atoms with E-state index in [0.717, 1.165) is 12.2 Å². The molecule has 1 N–H and O–H groups in total. The van der Waals surface area contributed by atoms with Gasteiger partial charge in [0.1, 0.15) is 6.23 Å². The molecule has 1 saturated heterocycles. The highest BCUT2D eigenvalue weighted by Gasteiger charge is 2.31. The van der Waals surface area contributed by atoms with E-state index in [1.165, 1.54) is 0 Å². The third-order valence-corrected chi connectivity index (χ3v) is 2.14. The Bertz CT molecular complexity index is 289. The predicted molar refractivity (Wildman–Crippen MR) is 57.4 cm³/mol. The Morgan fingerprint density at radius 1 is 1.43 bits per heavy atom. The van der Waals surface area contributed by atoms with Crippen LogP contribution >= 0.6 is 12.4 Å². The van der Waals surface area contributed by atoms with Crippen molar-refractivity contribution >= 4 is 12.4 Å². The van der Waals surface area contributed by atoms with Gasteiger partial charge in [-0.1, -0.05) is 0 Å². The lowest BCUT2D eigenvalue weighted by atomic mass is 10.1. The molecule has 0 radical (unpaired) electrons. The smallest absolute Gasteiger partial charge is 0.134 e. The fraction of sp³-hybridized carbons (Fsp3) is 0.500. The highest BCUT2D eigenvalue weighted by molar-refractivity contribution is 5.85. The third kappa shape index (κ3) is 2.44. The summed E-state index contributed by atoms with van der Waals surface area (Å²) in [6, 6.07) is 3.94. The van der Waals surface area contributed by atoms with Gasteiger partial charge in [0.05, 0.1) is 6.61 Å². The number of nitrogens with zero attached hydrogens (tertiary/aromatic N) is 1. The minimum Gasteiger partial charge on any atom is -0.357 e. The van der Waals surface area contributed by atoms with Crippen LogP contribution in [0.5, 0.6) is 0 Å². The lowest BCUT2D eigenvalue weighted by molar-refractivity contribution is 0.0988. The molecule has 0 amide bonds. The van der Waals surface area contributed by atoms with E-state index in [1.54, 1.807) is 12.4 Å². The maximum absolute atomic E-state index is 5.62. The summed E-state index contributed by atoms with van der Waals surface area (Å²) in [4.78, 5) is 3.97. The molecule has 1 fully saturated rings. The van der Waals surface area contributed by atoms with E-state index in [2.05, 4.69) is 24.1 Å². The van der Waals surface area contributed by atoms with Crippen LogP contribution in [0.1, 0.15) is 25.6 Å². The summed E-state index contributed by atoms with van der Waals surface area (Å²) in [5.74, 6) is 0. The van der Waals surface area contributed by atoms with Gasteiger partial charge in [-0.3, -0.25) is 10.3 Å². The quantitative estimate of drug-likeness (QED) is 0.776. The summed E-state index contributed by atoms with van der Waals surface area (Å²) < 4.78 is 5.62. The van der Waals surface area contributed by atoms with E-state index < -0.39 is 0 Å². The average Bonchev–Trinajstić information content (AvgIpc) is 2.48. The fourth-order valence-electron chi connectivity index (χ4n) is 1.45. The molecule has 1 aromatic heterocycles. The van der Waals surface area contributed by atoms with Gasteiger partial charge in [-0.25, -0.2) is 0 Å². The van der Waals surface area contributed by atoms with Crippen molar-refractivity contribution in [3.8, 4) is 0 Å². The van der Waals surface area contributed by atoms with Crippen molar-refractivity contribution in [2.24, 2.45) is 0 Å². The lowest BCUT2D eigenvalue weighted by Crippen LogP contribution is -2.35. The number of nitrogens with one attached hydrogen (secondary N) is 1. The first kappa shape index (κ1) is 11.4. The molecule has 1 atom stereocenters. The molecule has 1 unspecified atom stereocenters. The molecule has 14 heavy (non-hydrogen) atoms. The molecule has 1 aliphatic rings. The van der Waals surface area contributed by atoms with Crippen molar-refractivity contribution in [3.63, 3.8) is 0 Å². The molecule has 4 heteroatoms. The average molecular weight is 215 g/mol. The van der Waals surface area contributed by atoms with Gasteiger partial charge in [0.15, 0.2) is 0 Å². The topological polar surface area (TPSA) is 34.1 Å². The van der Waals surface area contributed by atoms with Crippen LogP contribution in [-0.2, 0) is 4.74 Å². The molecule has 0 bridgehead atoms. The number of ether oxygens (including phenoxy) is 1. The van der Waals surface area contributed by atoms with Crippen molar-refractivity contribution in [1.82, 2.24) is 10.3 Å². The number of hydrogen-bond donors (Lipinski definition) is 1. The number of hydrogen-bond acceptors (Lipinski definition) is 3. The Kier molecular flexibility index (Phi) is 3.48. The second-order valence-electron chi connectivity index (χ2n) is 4.00. The summed E-state index contributed by atoms with van der Waals surface area (Å²) >= 11 is 0. The summed E-state index contributed by atoms with van der Waals surface area (Å²) in [7, 11) is 0. The summed E-state index contributed by atoms with van der Waals surface area (Å²) in [6.07, 6.45) is 3.59. The molecule has 1 aliphatic heterocycles. The SMILES string of the molecule is CC1(C)COC(c2ccncc2)N1.Cl. The number of aromatic nitrogens is 1. The molecule has 2 rings (SSSR count). The van der Waals surface area contributed by atoms with Gasteiger partial charge in [-0.2, -0.15) is 0 Å². The van der Waals surface area contributed by atoms with Crippen molar-refractivity contribution < 1.29 is 4.74 Å². The molecule has 78 valence electrons. The first-order chi connectivity index (χ1) is 6.17. The first-order valence-corrected chi connectivity index (χ1v) is 4.47. The van der Waals surface area contributed by atoms with E-state index >= 15 is 0 Å². The highest BCUT2D eigenvalue weighted by atomic mass is 35.5. The fourth-order valence-corrected chi connectivity index (χ4v) is 1.45. The molecule has 2 heterocycles. The van der Waals surface area contributed by atoms with Crippen LogP contribution in [0, 0.1) is 0 Å². The Hall–Kier alpha value is -0.640. The van der Waals surface area contributed by atoms with Crippen LogP contribution in [0.2, 0.25) is 0 Å². The largest absolute Gasteiger partial charge is 0.357 e. The Balaban J connectivity index is 0.000000980. The monoisotopic (exact) mass is 214 g/mol. The van der Waals surface area contributed by atoms with Gasteiger partial charge in [0.2, 0.25) is 0 Å². The predicted octanol–water partition coefficient (Wildman–Crippen LogP) is 1.90. The highest BCUT2D eigenvalue weighted by Crippen LogP contribution is 2.24. The zero-order valence-electron chi connectivity index (χ0n) is 8.36. The Morgan fingerprint density at radius 2 is 2.07 bits per heavy atom. The van der Waals surface area contributed by atoms with E-state index in [9.17, 15) is 0 Å². The second-order valence-corrected chi connectivity index (χ2v) is 4.00. The van der Waals surface area contributed by atoms with Crippen LogP contribution in [0.25, 0.3) is 0 Å². The number of halogens is 1. The van der Waals surface area contributed by atoms with E-state index in [0.29, 0.717) is 0 Å². The van der Waals surface area contributed by atoms with Gasteiger partial charge >= 0.3 is 0 Å². The van der Waals surface area contributed by atoms with Gasteiger partial charge in [0.25, 0.3) is 0 Å². The minimum absolute atomic E-state index is 0. The molecule has 0 spiro atoms. The van der Waals surface area contributed by atoms with Crippen molar-refractivity contribution in [2.75, 3.05) is 6.61 Å². The van der Waals surface area contributed by atoms with Gasteiger partial charge < -0.3 is 4.74 Å². The molecular weight excluding hydrogens is 200 g/mol. The molecular formula is C10H15ClN2O. The molecule has 1 aromatic rings. The minimum atomic E-state index is 0. The zero-order chi connectivity index (χ0) is 9.31.